The molecule has 4 rings (SSSR count). The molecule has 1 amide bonds. The molecule has 0 aliphatic carbocycles. The molecule has 0 fully saturated rings. The molecule has 0 radical (unpaired) electrons. The first kappa shape index (κ1) is 22.0. The molecule has 3 aromatic rings. The second-order valence-corrected chi connectivity index (χ2v) is 8.48. The minimum atomic E-state index is -2.87. The molecule has 1 aliphatic heterocycles. The van der Waals surface area contributed by atoms with E-state index in [0.717, 1.165) is 11.1 Å². The van der Waals surface area contributed by atoms with E-state index in [9.17, 15) is 18.7 Å². The number of aromatic nitrogens is 2. The Morgan fingerprint density at radius 1 is 1.29 bits per heavy atom. The standard InChI is InChI=1S/C22H21Cl2F2N3O2/c1-11-12-4-3-5-14(20(31)22(25)26)13(12)8-9-29(11)18(30)10-15-16(23)6-7-17-19(15)21(24)27-28(17)2/h3-7,11,20,22,31H,8-10H2,1-2H3/t11-,20+/m0/s1. The highest BCUT2D eigenvalue weighted by atomic mass is 35.5. The largest absolute Gasteiger partial charge is 0.382 e. The van der Waals surface area contributed by atoms with Gasteiger partial charge in [0, 0.05) is 24.0 Å². The van der Waals surface area contributed by atoms with Crippen molar-refractivity contribution < 1.29 is 18.7 Å². The van der Waals surface area contributed by atoms with Crippen LogP contribution in [0.3, 0.4) is 0 Å². The van der Waals surface area contributed by atoms with Crippen LogP contribution in [-0.4, -0.2) is 38.7 Å². The summed E-state index contributed by atoms with van der Waals surface area (Å²) in [5, 5.41) is 15.5. The maximum Gasteiger partial charge on any atom is 0.268 e. The lowest BCUT2D eigenvalue weighted by molar-refractivity contribution is -0.133. The molecule has 1 N–H and O–H groups in total. The van der Waals surface area contributed by atoms with Crippen LogP contribution in [0.25, 0.3) is 10.9 Å². The predicted octanol–water partition coefficient (Wildman–Crippen LogP) is 4.87. The third-order valence-electron chi connectivity index (χ3n) is 6.00. The Morgan fingerprint density at radius 2 is 2.03 bits per heavy atom. The highest BCUT2D eigenvalue weighted by molar-refractivity contribution is 6.37. The average molecular weight is 468 g/mol. The van der Waals surface area contributed by atoms with E-state index in [-0.39, 0.29) is 29.1 Å². The molecule has 2 heterocycles. The van der Waals surface area contributed by atoms with Crippen molar-refractivity contribution in [3.05, 3.63) is 62.8 Å². The third-order valence-corrected chi connectivity index (χ3v) is 6.62. The van der Waals surface area contributed by atoms with Gasteiger partial charge in [0.2, 0.25) is 5.91 Å². The lowest BCUT2D eigenvalue weighted by Crippen LogP contribution is -2.40. The Bertz CT molecular complexity index is 1170. The molecular formula is C22H21Cl2F2N3O2. The number of aliphatic hydroxyl groups is 1. The van der Waals surface area contributed by atoms with Crippen LogP contribution in [0.2, 0.25) is 10.2 Å². The van der Waals surface area contributed by atoms with Gasteiger partial charge in [-0.05, 0) is 47.7 Å². The zero-order valence-electron chi connectivity index (χ0n) is 16.9. The van der Waals surface area contributed by atoms with Crippen molar-refractivity contribution in [3.8, 4) is 0 Å². The second-order valence-electron chi connectivity index (χ2n) is 7.72. The molecule has 1 aliphatic rings. The van der Waals surface area contributed by atoms with E-state index in [2.05, 4.69) is 5.10 Å². The van der Waals surface area contributed by atoms with Crippen LogP contribution < -0.4 is 0 Å². The summed E-state index contributed by atoms with van der Waals surface area (Å²) in [7, 11) is 1.77. The van der Waals surface area contributed by atoms with Gasteiger partial charge in [-0.3, -0.25) is 9.48 Å². The van der Waals surface area contributed by atoms with Gasteiger partial charge in [0.25, 0.3) is 6.43 Å². The Hall–Kier alpha value is -2.22. The molecule has 2 aromatic carbocycles. The summed E-state index contributed by atoms with van der Waals surface area (Å²) in [6.45, 7) is 2.21. The summed E-state index contributed by atoms with van der Waals surface area (Å²) in [6, 6.07) is 8.16. The molecule has 31 heavy (non-hydrogen) atoms. The monoisotopic (exact) mass is 467 g/mol. The van der Waals surface area contributed by atoms with E-state index in [0.29, 0.717) is 34.5 Å². The first-order chi connectivity index (χ1) is 14.7. The fourth-order valence-corrected chi connectivity index (χ4v) is 4.97. The lowest BCUT2D eigenvalue weighted by Gasteiger charge is -2.37. The summed E-state index contributed by atoms with van der Waals surface area (Å²) >= 11 is 12.7. The summed E-state index contributed by atoms with van der Waals surface area (Å²) in [6.07, 6.45) is -4.28. The summed E-state index contributed by atoms with van der Waals surface area (Å²) in [5.41, 5.74) is 3.06. The Morgan fingerprint density at radius 3 is 2.74 bits per heavy atom. The molecule has 0 unspecified atom stereocenters. The SMILES string of the molecule is C[C@H]1c2cccc([C@@H](O)C(F)F)c2CCN1C(=O)Cc1c(Cl)ccc2c1c(Cl)nn2C. The van der Waals surface area contributed by atoms with Crippen molar-refractivity contribution in [2.24, 2.45) is 7.05 Å². The number of rotatable bonds is 4. The minimum absolute atomic E-state index is 0.0423. The van der Waals surface area contributed by atoms with E-state index in [1.165, 1.54) is 6.07 Å². The van der Waals surface area contributed by atoms with Gasteiger partial charge >= 0.3 is 0 Å². The predicted molar refractivity (Wildman–Crippen MR) is 116 cm³/mol. The summed E-state index contributed by atoms with van der Waals surface area (Å²) in [4.78, 5) is 15.0. The van der Waals surface area contributed by atoms with Crippen molar-refractivity contribution in [3.63, 3.8) is 0 Å². The number of amides is 1. The number of fused-ring (bicyclic) bond motifs is 2. The summed E-state index contributed by atoms with van der Waals surface area (Å²) < 4.78 is 27.8. The molecule has 1 aromatic heterocycles. The molecule has 164 valence electrons. The number of benzene rings is 2. The highest BCUT2D eigenvalue weighted by Gasteiger charge is 2.32. The van der Waals surface area contributed by atoms with E-state index >= 15 is 0 Å². The number of alkyl halides is 2. The van der Waals surface area contributed by atoms with Gasteiger partial charge in [-0.15, -0.1) is 0 Å². The average Bonchev–Trinajstić information content (AvgIpc) is 3.02. The zero-order valence-corrected chi connectivity index (χ0v) is 18.5. The molecule has 0 bridgehead atoms. The smallest absolute Gasteiger partial charge is 0.268 e. The Kier molecular flexibility index (Phi) is 5.94. The molecule has 9 heteroatoms. The van der Waals surface area contributed by atoms with E-state index in [4.69, 9.17) is 23.2 Å². The number of hydrogen-bond donors (Lipinski definition) is 1. The van der Waals surface area contributed by atoms with Crippen LogP contribution in [-0.2, 0) is 24.7 Å². The highest BCUT2D eigenvalue weighted by Crippen LogP contribution is 2.37. The molecule has 5 nitrogen and oxygen atoms in total. The van der Waals surface area contributed by atoms with Crippen molar-refractivity contribution in [2.45, 2.75) is 38.3 Å². The lowest BCUT2D eigenvalue weighted by atomic mass is 9.87. The maximum absolute atomic E-state index is 13.3. The van der Waals surface area contributed by atoms with Crippen molar-refractivity contribution in [1.82, 2.24) is 14.7 Å². The number of nitrogens with zero attached hydrogens (tertiary/aromatic N) is 3. The second kappa shape index (κ2) is 8.37. The third kappa shape index (κ3) is 3.79. The van der Waals surface area contributed by atoms with Crippen molar-refractivity contribution in [1.29, 1.82) is 0 Å². The molecule has 0 saturated carbocycles. The number of hydrogen-bond acceptors (Lipinski definition) is 3. The molecule has 0 spiro atoms. The maximum atomic E-state index is 13.3. The number of carbonyl (C=O) groups is 1. The van der Waals surface area contributed by atoms with Crippen molar-refractivity contribution in [2.75, 3.05) is 6.54 Å². The van der Waals surface area contributed by atoms with Crippen molar-refractivity contribution >= 4 is 40.0 Å². The fourth-order valence-electron chi connectivity index (χ4n) is 4.42. The molecule has 2 atom stereocenters. The normalized spacial score (nSPS) is 17.3. The van der Waals surface area contributed by atoms with E-state index in [1.807, 2.05) is 13.0 Å². The van der Waals surface area contributed by atoms with Crippen LogP contribution in [0.4, 0.5) is 8.78 Å². The van der Waals surface area contributed by atoms with Gasteiger partial charge in [0.15, 0.2) is 5.15 Å². The van der Waals surface area contributed by atoms with Gasteiger partial charge in [-0.2, -0.15) is 5.10 Å². The zero-order chi connectivity index (χ0) is 22.4. The number of halogens is 4. The number of aliphatic hydroxyl groups excluding tert-OH is 1. The quantitative estimate of drug-likeness (QED) is 0.595. The van der Waals surface area contributed by atoms with Gasteiger partial charge < -0.3 is 10.0 Å². The Balaban J connectivity index is 1.65. The number of carbonyl (C=O) groups excluding carboxylic acids is 1. The van der Waals surface area contributed by atoms with Crippen LogP contribution >= 0.6 is 23.2 Å². The minimum Gasteiger partial charge on any atom is -0.382 e. The van der Waals surface area contributed by atoms with E-state index < -0.39 is 12.5 Å². The van der Waals surface area contributed by atoms with Gasteiger partial charge in [-0.1, -0.05) is 41.4 Å². The van der Waals surface area contributed by atoms with Gasteiger partial charge in [0.1, 0.15) is 6.10 Å². The first-order valence-electron chi connectivity index (χ1n) is 9.87. The van der Waals surface area contributed by atoms with E-state index in [1.54, 1.807) is 34.8 Å². The summed E-state index contributed by atoms with van der Waals surface area (Å²) in [5.74, 6) is -0.146. The molecular weight excluding hydrogens is 447 g/mol. The van der Waals surface area contributed by atoms with Crippen LogP contribution in [0.5, 0.6) is 0 Å². The topological polar surface area (TPSA) is 58.4 Å². The van der Waals surface area contributed by atoms with Gasteiger partial charge in [0.05, 0.1) is 18.0 Å². The van der Waals surface area contributed by atoms with Gasteiger partial charge in [-0.25, -0.2) is 8.78 Å². The molecule has 0 saturated heterocycles. The van der Waals surface area contributed by atoms with Crippen LogP contribution in [0.15, 0.2) is 30.3 Å². The van der Waals surface area contributed by atoms with Crippen LogP contribution in [0.1, 0.15) is 41.3 Å². The Labute approximate surface area is 188 Å². The fraction of sp³-hybridized carbons (Fsp3) is 0.364. The first-order valence-corrected chi connectivity index (χ1v) is 10.6. The van der Waals surface area contributed by atoms with Crippen LogP contribution in [0, 0.1) is 0 Å². The number of aryl methyl sites for hydroxylation is 1.